The molecule has 198 valence electrons. The average Bonchev–Trinajstić information content (AvgIpc) is 3.40. The van der Waals surface area contributed by atoms with Gasteiger partial charge in [0.05, 0.1) is 0 Å². The van der Waals surface area contributed by atoms with Crippen LogP contribution >= 0.6 is 0 Å². The third-order valence-electron chi connectivity index (χ3n) is 6.79. The molecule has 1 atom stereocenters. The van der Waals surface area contributed by atoms with E-state index in [0.717, 1.165) is 44.3 Å². The number of aromatic hydroxyl groups is 1. The number of hydrogen-bond acceptors (Lipinski definition) is 5. The molecule has 5 nitrogen and oxygen atoms in total. The second-order valence-electron chi connectivity index (χ2n) is 9.69. The van der Waals surface area contributed by atoms with Gasteiger partial charge >= 0.3 is 0 Å². The van der Waals surface area contributed by atoms with Crippen molar-refractivity contribution < 1.29 is 35.6 Å². The molecule has 1 aliphatic rings. The largest absolute Gasteiger partial charge is 0.518 e. The van der Waals surface area contributed by atoms with Crippen LogP contribution < -0.4 is 4.74 Å². The molecular formula is C33H27N2O3Pt-. The molecule has 0 aliphatic carbocycles. The maximum Gasteiger partial charge on any atom is 0.217 e. The predicted octanol–water partition coefficient (Wildman–Crippen LogP) is 7.64. The van der Waals surface area contributed by atoms with Crippen LogP contribution in [0.2, 0.25) is 0 Å². The van der Waals surface area contributed by atoms with Gasteiger partial charge in [0.2, 0.25) is 5.88 Å². The molecule has 1 N–H and O–H groups in total. The van der Waals surface area contributed by atoms with Gasteiger partial charge in [-0.15, -0.1) is 6.07 Å². The van der Waals surface area contributed by atoms with Crippen molar-refractivity contribution in [1.29, 1.82) is 0 Å². The van der Waals surface area contributed by atoms with E-state index in [1.807, 2.05) is 43.3 Å². The fourth-order valence-electron chi connectivity index (χ4n) is 5.01. The number of pyridine rings is 1. The number of ether oxygens (including phenoxy) is 2. The summed E-state index contributed by atoms with van der Waals surface area (Å²) < 4.78 is 12.3. The van der Waals surface area contributed by atoms with Gasteiger partial charge < -0.3 is 14.6 Å². The van der Waals surface area contributed by atoms with Gasteiger partial charge in [-0.2, -0.15) is 0 Å². The number of phenols is 1. The molecule has 1 aliphatic heterocycles. The smallest absolute Gasteiger partial charge is 0.217 e. The Hall–Kier alpha value is -3.95. The first kappa shape index (κ1) is 26.6. The van der Waals surface area contributed by atoms with Gasteiger partial charge in [0.25, 0.3) is 0 Å². The average molecular weight is 695 g/mol. The molecule has 4 aromatic carbocycles. The first-order chi connectivity index (χ1) is 18.4. The molecule has 5 aromatic rings. The van der Waals surface area contributed by atoms with E-state index >= 15 is 0 Å². The van der Waals surface area contributed by atoms with Crippen molar-refractivity contribution in [2.24, 2.45) is 4.99 Å². The monoisotopic (exact) mass is 694 g/mol. The van der Waals surface area contributed by atoms with E-state index in [-0.39, 0.29) is 32.9 Å². The number of phenolic OH excluding ortho intramolecular Hbond substituents is 1. The molecule has 6 rings (SSSR count). The van der Waals surface area contributed by atoms with Gasteiger partial charge in [-0.25, -0.2) is 4.98 Å². The molecule has 0 saturated heterocycles. The van der Waals surface area contributed by atoms with Crippen LogP contribution in [-0.2, 0) is 25.8 Å². The fourth-order valence-corrected chi connectivity index (χ4v) is 5.01. The number of aryl methyl sites for hydroxylation is 3. The summed E-state index contributed by atoms with van der Waals surface area (Å²) in [6.45, 7) is 6.62. The topological polar surface area (TPSA) is 63.9 Å². The van der Waals surface area contributed by atoms with Gasteiger partial charge in [-0.1, -0.05) is 71.8 Å². The van der Waals surface area contributed by atoms with Crippen LogP contribution in [-0.4, -0.2) is 22.6 Å². The van der Waals surface area contributed by atoms with Gasteiger partial charge in [-0.05, 0) is 66.8 Å². The molecule has 0 fully saturated rings. The number of rotatable bonds is 5. The fraction of sp³-hybridized carbons (Fsp3) is 0.152. The number of fused-ring (bicyclic) bond motifs is 1. The van der Waals surface area contributed by atoms with Crippen LogP contribution in [0.1, 0.15) is 33.9 Å². The van der Waals surface area contributed by atoms with Crippen molar-refractivity contribution in [3.8, 4) is 28.5 Å². The standard InChI is InChI=1S/C33H27N2O3.Pt/c1-20-14-24-12-13-30(35-32(24)29(36)15-20)38-27-17-25(31-21(2)8-7-9-22(31)3)16-26(18-27)33-34-28(19-37-33)23-10-5-4-6-11-23;/h4-17,28,36H,19H2,1-3H3;/q-1;/t28-;/m1./s1. The number of aliphatic imine (C=N–C) groups is 1. The molecule has 0 unspecified atom stereocenters. The molecule has 0 radical (unpaired) electrons. The SMILES string of the molecule is Cc1cc(O)c2nc(Oc3[c-]c(C4=N[C@@H](c5ccccc5)CO4)cc(-c4c(C)cccc4C)c3)ccc2c1.[Pt]. The zero-order valence-electron chi connectivity index (χ0n) is 21.8. The molecule has 0 spiro atoms. The summed E-state index contributed by atoms with van der Waals surface area (Å²) in [5, 5.41) is 11.3. The van der Waals surface area contributed by atoms with E-state index in [4.69, 9.17) is 14.5 Å². The Balaban J connectivity index is 0.00000308. The van der Waals surface area contributed by atoms with E-state index in [0.29, 0.717) is 29.7 Å². The maximum absolute atomic E-state index is 10.4. The Morgan fingerprint density at radius 2 is 1.67 bits per heavy atom. The Morgan fingerprint density at radius 3 is 2.44 bits per heavy atom. The van der Waals surface area contributed by atoms with Gasteiger partial charge in [0, 0.05) is 38.3 Å². The van der Waals surface area contributed by atoms with E-state index in [9.17, 15) is 5.11 Å². The molecule has 6 heteroatoms. The Kier molecular flexibility index (Phi) is 7.54. The quantitative estimate of drug-likeness (QED) is 0.192. The van der Waals surface area contributed by atoms with Gasteiger partial charge in [-0.3, -0.25) is 4.99 Å². The minimum absolute atomic E-state index is 0. The third kappa shape index (κ3) is 5.46. The van der Waals surface area contributed by atoms with Crippen LogP contribution in [0, 0.1) is 26.8 Å². The summed E-state index contributed by atoms with van der Waals surface area (Å²) in [5.41, 5.74) is 7.73. The number of hydrogen-bond donors (Lipinski definition) is 1. The summed E-state index contributed by atoms with van der Waals surface area (Å²) in [4.78, 5) is 9.45. The van der Waals surface area contributed by atoms with Crippen molar-refractivity contribution in [3.63, 3.8) is 0 Å². The molecule has 2 heterocycles. The Morgan fingerprint density at radius 1 is 0.897 bits per heavy atom. The van der Waals surface area contributed by atoms with Crippen molar-refractivity contribution >= 4 is 16.8 Å². The molecule has 1 aromatic heterocycles. The van der Waals surface area contributed by atoms with Gasteiger partial charge in [0.1, 0.15) is 29.8 Å². The van der Waals surface area contributed by atoms with E-state index in [1.54, 1.807) is 12.1 Å². The second-order valence-corrected chi connectivity index (χ2v) is 9.69. The van der Waals surface area contributed by atoms with Crippen LogP contribution in [0.3, 0.4) is 0 Å². The summed E-state index contributed by atoms with van der Waals surface area (Å²) in [5.74, 6) is 1.53. The van der Waals surface area contributed by atoms with Crippen LogP contribution in [0.25, 0.3) is 22.0 Å². The summed E-state index contributed by atoms with van der Waals surface area (Å²) >= 11 is 0. The first-order valence-electron chi connectivity index (χ1n) is 12.6. The number of nitrogens with zero attached hydrogens (tertiary/aromatic N) is 2. The number of aromatic nitrogens is 1. The molecular weight excluding hydrogens is 667 g/mol. The molecule has 0 saturated carbocycles. The summed E-state index contributed by atoms with van der Waals surface area (Å²) in [6, 6.07) is 31.1. The van der Waals surface area contributed by atoms with E-state index < -0.39 is 0 Å². The van der Waals surface area contributed by atoms with Gasteiger partial charge in [0.15, 0.2) is 0 Å². The summed E-state index contributed by atoms with van der Waals surface area (Å²) in [7, 11) is 0. The zero-order valence-corrected chi connectivity index (χ0v) is 24.1. The van der Waals surface area contributed by atoms with Crippen LogP contribution in [0.4, 0.5) is 0 Å². The van der Waals surface area contributed by atoms with Crippen molar-refractivity contribution in [1.82, 2.24) is 4.98 Å². The van der Waals surface area contributed by atoms with E-state index in [2.05, 4.69) is 61.3 Å². The summed E-state index contributed by atoms with van der Waals surface area (Å²) in [6.07, 6.45) is 0. The molecule has 0 amide bonds. The Bertz CT molecular complexity index is 1680. The second kappa shape index (κ2) is 11.0. The first-order valence-corrected chi connectivity index (χ1v) is 12.6. The van der Waals surface area contributed by atoms with Crippen LogP contribution in [0.5, 0.6) is 17.4 Å². The predicted molar refractivity (Wildman–Crippen MR) is 150 cm³/mol. The molecule has 39 heavy (non-hydrogen) atoms. The minimum Gasteiger partial charge on any atom is -0.518 e. The van der Waals surface area contributed by atoms with E-state index in [1.165, 1.54) is 0 Å². The minimum atomic E-state index is -0.0681. The zero-order chi connectivity index (χ0) is 26.2. The van der Waals surface area contributed by atoms with Crippen molar-refractivity contribution in [2.45, 2.75) is 26.8 Å². The number of benzene rings is 4. The van der Waals surface area contributed by atoms with Crippen LogP contribution in [0.15, 0.2) is 89.9 Å². The maximum atomic E-state index is 10.4. The van der Waals surface area contributed by atoms with Crippen molar-refractivity contribution in [3.05, 3.63) is 119 Å². The normalized spacial score (nSPS) is 14.4. The third-order valence-corrected chi connectivity index (χ3v) is 6.79. The Labute approximate surface area is 242 Å². The van der Waals surface area contributed by atoms with Crippen molar-refractivity contribution in [2.75, 3.05) is 6.61 Å². The molecule has 0 bridgehead atoms.